The zero-order valence-corrected chi connectivity index (χ0v) is 9.82. The summed E-state index contributed by atoms with van der Waals surface area (Å²) in [6.45, 7) is 0.370. The van der Waals surface area contributed by atoms with Crippen LogP contribution in [0.1, 0.15) is 5.82 Å². The van der Waals surface area contributed by atoms with Gasteiger partial charge < -0.3 is 11.1 Å². The molecule has 5 nitrogen and oxygen atoms in total. The second-order valence-electron chi connectivity index (χ2n) is 3.84. The molecular formula is C11H13F2N5. The van der Waals surface area contributed by atoms with Gasteiger partial charge in [-0.1, -0.05) is 0 Å². The minimum atomic E-state index is -0.969. The van der Waals surface area contributed by atoms with Crippen molar-refractivity contribution in [2.24, 2.45) is 7.05 Å². The molecule has 0 radical (unpaired) electrons. The fraction of sp³-hybridized carbons (Fsp3) is 0.273. The van der Waals surface area contributed by atoms with Gasteiger partial charge in [-0.05, 0) is 12.1 Å². The number of rotatable bonds is 4. The molecule has 0 atom stereocenters. The highest BCUT2D eigenvalue weighted by Gasteiger charge is 2.11. The Morgan fingerprint density at radius 2 is 2.17 bits per heavy atom. The number of hydrogen-bond acceptors (Lipinski definition) is 4. The predicted octanol–water partition coefficient (Wildman–Crippen LogP) is 1.33. The second-order valence-corrected chi connectivity index (χ2v) is 3.84. The van der Waals surface area contributed by atoms with Crippen molar-refractivity contribution in [1.82, 2.24) is 14.8 Å². The van der Waals surface area contributed by atoms with Gasteiger partial charge in [0.25, 0.3) is 0 Å². The van der Waals surface area contributed by atoms with Gasteiger partial charge in [0.1, 0.15) is 6.33 Å². The Morgan fingerprint density at radius 1 is 1.39 bits per heavy atom. The Balaban J connectivity index is 2.00. The Hall–Kier alpha value is -2.18. The minimum Gasteiger partial charge on any atom is -0.397 e. The van der Waals surface area contributed by atoms with E-state index in [2.05, 4.69) is 15.4 Å². The summed E-state index contributed by atoms with van der Waals surface area (Å²) in [5.41, 5.74) is 5.72. The lowest BCUT2D eigenvalue weighted by Crippen LogP contribution is -2.10. The number of halogens is 2. The van der Waals surface area contributed by atoms with Crippen molar-refractivity contribution in [3.63, 3.8) is 0 Å². The third kappa shape index (κ3) is 2.55. The predicted molar refractivity (Wildman–Crippen MR) is 64.0 cm³/mol. The molecule has 1 heterocycles. The molecule has 0 amide bonds. The van der Waals surface area contributed by atoms with Gasteiger partial charge in [0.15, 0.2) is 17.5 Å². The lowest BCUT2D eigenvalue weighted by Gasteiger charge is -2.09. The monoisotopic (exact) mass is 253 g/mol. The summed E-state index contributed by atoms with van der Waals surface area (Å²) in [6, 6.07) is 2.32. The first-order valence-corrected chi connectivity index (χ1v) is 5.40. The second kappa shape index (κ2) is 4.99. The van der Waals surface area contributed by atoms with Crippen LogP contribution in [0.2, 0.25) is 0 Å². The number of benzene rings is 1. The summed E-state index contributed by atoms with van der Waals surface area (Å²) < 4.78 is 28.0. The number of aromatic nitrogens is 3. The van der Waals surface area contributed by atoms with E-state index in [9.17, 15) is 8.78 Å². The molecule has 2 rings (SSSR count). The fourth-order valence-corrected chi connectivity index (χ4v) is 1.54. The van der Waals surface area contributed by atoms with Gasteiger partial charge in [-0.25, -0.2) is 13.8 Å². The number of nitrogen functional groups attached to an aromatic ring is 1. The van der Waals surface area contributed by atoms with Crippen LogP contribution < -0.4 is 11.1 Å². The van der Waals surface area contributed by atoms with Crippen molar-refractivity contribution in [3.8, 4) is 0 Å². The van der Waals surface area contributed by atoms with Crippen molar-refractivity contribution in [1.29, 1.82) is 0 Å². The molecule has 0 fully saturated rings. The van der Waals surface area contributed by atoms with Crippen LogP contribution in [-0.2, 0) is 13.5 Å². The number of anilines is 2. The molecule has 3 N–H and O–H groups in total. The first kappa shape index (κ1) is 12.3. The average molecular weight is 253 g/mol. The molecule has 0 bridgehead atoms. The van der Waals surface area contributed by atoms with Crippen LogP contribution in [0, 0.1) is 11.6 Å². The molecule has 96 valence electrons. The largest absolute Gasteiger partial charge is 0.397 e. The summed E-state index contributed by atoms with van der Waals surface area (Å²) in [4.78, 5) is 4.02. The van der Waals surface area contributed by atoms with E-state index in [1.807, 2.05) is 0 Å². The van der Waals surface area contributed by atoms with Crippen LogP contribution in [0.25, 0.3) is 0 Å². The highest BCUT2D eigenvalue weighted by molar-refractivity contribution is 5.66. The summed E-state index contributed by atoms with van der Waals surface area (Å²) in [5, 5.41) is 6.82. The summed E-state index contributed by atoms with van der Waals surface area (Å²) in [5.74, 6) is -1.27. The van der Waals surface area contributed by atoms with Gasteiger partial charge >= 0.3 is 0 Å². The van der Waals surface area contributed by atoms with Crippen molar-refractivity contribution in [3.05, 3.63) is 35.9 Å². The third-order valence-electron chi connectivity index (χ3n) is 2.42. The lowest BCUT2D eigenvalue weighted by atomic mass is 10.2. The summed E-state index contributed by atoms with van der Waals surface area (Å²) >= 11 is 0. The SMILES string of the molecule is Cn1cnc(CCNc2c(N)ccc(F)c2F)n1. The smallest absolute Gasteiger partial charge is 0.183 e. The Labute approximate surface area is 103 Å². The minimum absolute atomic E-state index is 0.0223. The average Bonchev–Trinajstić information content (AvgIpc) is 2.74. The van der Waals surface area contributed by atoms with Gasteiger partial charge in [0, 0.05) is 20.0 Å². The van der Waals surface area contributed by atoms with Crippen molar-refractivity contribution in [2.45, 2.75) is 6.42 Å². The van der Waals surface area contributed by atoms with E-state index in [1.54, 1.807) is 18.1 Å². The van der Waals surface area contributed by atoms with Gasteiger partial charge in [0.2, 0.25) is 0 Å². The highest BCUT2D eigenvalue weighted by atomic mass is 19.2. The molecule has 2 aromatic rings. The highest BCUT2D eigenvalue weighted by Crippen LogP contribution is 2.24. The molecule has 7 heteroatoms. The van der Waals surface area contributed by atoms with Crippen LogP contribution in [-0.4, -0.2) is 21.3 Å². The molecular weight excluding hydrogens is 240 g/mol. The molecule has 18 heavy (non-hydrogen) atoms. The summed E-state index contributed by atoms with van der Waals surface area (Å²) in [6.07, 6.45) is 2.07. The summed E-state index contributed by atoms with van der Waals surface area (Å²) in [7, 11) is 1.76. The Kier molecular flexibility index (Phi) is 3.40. The maximum atomic E-state index is 13.4. The van der Waals surface area contributed by atoms with Gasteiger partial charge in [-0.15, -0.1) is 0 Å². The first-order chi connectivity index (χ1) is 8.58. The van der Waals surface area contributed by atoms with Gasteiger partial charge in [-0.2, -0.15) is 5.10 Å². The van der Waals surface area contributed by atoms with E-state index >= 15 is 0 Å². The third-order valence-corrected chi connectivity index (χ3v) is 2.42. The van der Waals surface area contributed by atoms with Crippen molar-refractivity contribution in [2.75, 3.05) is 17.6 Å². The maximum Gasteiger partial charge on any atom is 0.183 e. The topological polar surface area (TPSA) is 68.8 Å². The molecule has 0 saturated heterocycles. The van der Waals surface area contributed by atoms with Crippen molar-refractivity contribution < 1.29 is 8.78 Å². The van der Waals surface area contributed by atoms with Crippen LogP contribution >= 0.6 is 0 Å². The molecule has 0 aliphatic carbocycles. The number of nitrogens with zero attached hydrogens (tertiary/aromatic N) is 3. The Bertz CT molecular complexity index is 552. The fourth-order valence-electron chi connectivity index (χ4n) is 1.54. The van der Waals surface area contributed by atoms with Crippen LogP contribution in [0.4, 0.5) is 20.2 Å². The van der Waals surface area contributed by atoms with E-state index in [-0.39, 0.29) is 11.4 Å². The molecule has 1 aromatic carbocycles. The van der Waals surface area contributed by atoms with E-state index in [0.29, 0.717) is 18.8 Å². The number of nitrogens with one attached hydrogen (secondary N) is 1. The molecule has 0 unspecified atom stereocenters. The van der Waals surface area contributed by atoms with Crippen LogP contribution in [0.5, 0.6) is 0 Å². The molecule has 0 spiro atoms. The van der Waals surface area contributed by atoms with Gasteiger partial charge in [0.05, 0.1) is 11.4 Å². The molecule has 0 aliphatic heterocycles. The van der Waals surface area contributed by atoms with E-state index in [4.69, 9.17) is 5.73 Å². The molecule has 0 saturated carbocycles. The number of aryl methyl sites for hydroxylation is 1. The molecule has 0 aliphatic rings. The van der Waals surface area contributed by atoms with Crippen molar-refractivity contribution >= 4 is 11.4 Å². The van der Waals surface area contributed by atoms with Crippen LogP contribution in [0.3, 0.4) is 0 Å². The number of hydrogen-bond donors (Lipinski definition) is 2. The normalized spacial score (nSPS) is 10.6. The van der Waals surface area contributed by atoms with E-state index < -0.39 is 11.6 Å². The maximum absolute atomic E-state index is 13.4. The van der Waals surface area contributed by atoms with E-state index in [0.717, 1.165) is 6.07 Å². The zero-order chi connectivity index (χ0) is 13.1. The quantitative estimate of drug-likeness (QED) is 0.806. The van der Waals surface area contributed by atoms with E-state index in [1.165, 1.54) is 6.07 Å². The number of nitrogens with two attached hydrogens (primary N) is 1. The first-order valence-electron chi connectivity index (χ1n) is 5.40. The lowest BCUT2D eigenvalue weighted by molar-refractivity contribution is 0.511. The standard InChI is InChI=1S/C11H13F2N5/c1-18-6-16-9(17-18)4-5-15-11-8(14)3-2-7(12)10(11)13/h2-3,6,15H,4-5,14H2,1H3. The Morgan fingerprint density at radius 3 is 2.83 bits per heavy atom. The van der Waals surface area contributed by atoms with Gasteiger partial charge in [-0.3, -0.25) is 4.68 Å². The molecule has 1 aromatic heterocycles. The zero-order valence-electron chi connectivity index (χ0n) is 9.82. The van der Waals surface area contributed by atoms with Crippen LogP contribution in [0.15, 0.2) is 18.5 Å².